The standard InChI is InChI=1S/C11H13NO/c1-8(2)10-6-4-5-9(3)11(10)13-7-12/h4-6,8H,1-3H3. The van der Waals surface area contributed by atoms with Crippen molar-refractivity contribution in [3.05, 3.63) is 29.3 Å². The van der Waals surface area contributed by atoms with Gasteiger partial charge in [-0.25, -0.2) is 0 Å². The Balaban J connectivity index is 3.19. The van der Waals surface area contributed by atoms with E-state index in [1.165, 1.54) is 0 Å². The van der Waals surface area contributed by atoms with Crippen molar-refractivity contribution in [3.8, 4) is 12.0 Å². The van der Waals surface area contributed by atoms with Gasteiger partial charge in [0.05, 0.1) is 0 Å². The van der Waals surface area contributed by atoms with Crippen LogP contribution in [0.15, 0.2) is 18.2 Å². The Kier molecular flexibility index (Phi) is 2.92. The molecule has 68 valence electrons. The van der Waals surface area contributed by atoms with Crippen molar-refractivity contribution in [3.63, 3.8) is 0 Å². The molecule has 0 unspecified atom stereocenters. The van der Waals surface area contributed by atoms with Crippen molar-refractivity contribution < 1.29 is 4.74 Å². The quantitative estimate of drug-likeness (QED) is 0.647. The summed E-state index contributed by atoms with van der Waals surface area (Å²) in [6, 6.07) is 5.91. The van der Waals surface area contributed by atoms with Gasteiger partial charge in [0.15, 0.2) is 0 Å². The van der Waals surface area contributed by atoms with E-state index in [0.29, 0.717) is 11.7 Å². The van der Waals surface area contributed by atoms with E-state index in [0.717, 1.165) is 11.1 Å². The Morgan fingerprint density at radius 3 is 2.62 bits per heavy atom. The van der Waals surface area contributed by atoms with Gasteiger partial charge in [-0.15, -0.1) is 5.26 Å². The zero-order valence-corrected chi connectivity index (χ0v) is 8.16. The van der Waals surface area contributed by atoms with Crippen LogP contribution < -0.4 is 4.74 Å². The molecule has 0 saturated carbocycles. The Bertz CT molecular complexity index is 336. The molecule has 0 aliphatic heterocycles. The van der Waals surface area contributed by atoms with Crippen molar-refractivity contribution in [1.29, 1.82) is 5.26 Å². The molecule has 1 aromatic rings. The average Bonchev–Trinajstić information content (AvgIpc) is 2.08. The first-order chi connectivity index (χ1) is 6.16. The van der Waals surface area contributed by atoms with E-state index < -0.39 is 0 Å². The van der Waals surface area contributed by atoms with Crippen LogP contribution in [0.2, 0.25) is 0 Å². The Morgan fingerprint density at radius 2 is 2.08 bits per heavy atom. The van der Waals surface area contributed by atoms with Gasteiger partial charge in [0.2, 0.25) is 0 Å². The van der Waals surface area contributed by atoms with Crippen LogP contribution in [0.1, 0.15) is 30.9 Å². The lowest BCUT2D eigenvalue weighted by Gasteiger charge is -2.11. The highest BCUT2D eigenvalue weighted by molar-refractivity contribution is 5.43. The molecule has 0 atom stereocenters. The van der Waals surface area contributed by atoms with Gasteiger partial charge in [0, 0.05) is 0 Å². The molecular weight excluding hydrogens is 162 g/mol. The monoisotopic (exact) mass is 175 g/mol. The SMILES string of the molecule is Cc1cccc(C(C)C)c1OC#N. The van der Waals surface area contributed by atoms with E-state index in [1.807, 2.05) is 25.1 Å². The van der Waals surface area contributed by atoms with Gasteiger partial charge in [-0.3, -0.25) is 0 Å². The van der Waals surface area contributed by atoms with E-state index in [2.05, 4.69) is 13.8 Å². The summed E-state index contributed by atoms with van der Waals surface area (Å²) in [4.78, 5) is 0. The molecule has 0 N–H and O–H groups in total. The lowest BCUT2D eigenvalue weighted by atomic mass is 10.00. The summed E-state index contributed by atoms with van der Waals surface area (Å²) in [5, 5.41) is 8.48. The predicted octanol–water partition coefficient (Wildman–Crippen LogP) is 2.98. The molecule has 2 nitrogen and oxygen atoms in total. The van der Waals surface area contributed by atoms with Crippen LogP contribution in [0, 0.1) is 18.4 Å². The van der Waals surface area contributed by atoms with Gasteiger partial charge < -0.3 is 4.74 Å². The zero-order valence-electron chi connectivity index (χ0n) is 8.16. The highest BCUT2D eigenvalue weighted by Crippen LogP contribution is 2.29. The maximum atomic E-state index is 8.48. The summed E-state index contributed by atoms with van der Waals surface area (Å²) in [7, 11) is 0. The maximum absolute atomic E-state index is 8.48. The van der Waals surface area contributed by atoms with Gasteiger partial charge in [-0.05, 0) is 24.0 Å². The Labute approximate surface area is 78.8 Å². The Morgan fingerprint density at radius 1 is 1.38 bits per heavy atom. The maximum Gasteiger partial charge on any atom is 0.292 e. The molecule has 0 aliphatic carbocycles. The largest absolute Gasteiger partial charge is 0.387 e. The predicted molar refractivity (Wildman–Crippen MR) is 51.5 cm³/mol. The lowest BCUT2D eigenvalue weighted by Crippen LogP contribution is -1.95. The first kappa shape index (κ1) is 9.60. The van der Waals surface area contributed by atoms with Crippen LogP contribution in [0.3, 0.4) is 0 Å². The molecule has 0 heterocycles. The number of hydrogen-bond acceptors (Lipinski definition) is 2. The fraction of sp³-hybridized carbons (Fsp3) is 0.364. The minimum atomic E-state index is 0.378. The highest BCUT2D eigenvalue weighted by atomic mass is 16.5. The normalized spacial score (nSPS) is 9.77. The number of ether oxygens (including phenoxy) is 1. The number of rotatable bonds is 2. The topological polar surface area (TPSA) is 33.0 Å². The number of benzene rings is 1. The molecule has 0 fully saturated rings. The molecule has 0 spiro atoms. The molecule has 0 radical (unpaired) electrons. The van der Waals surface area contributed by atoms with Crippen LogP contribution in [0.5, 0.6) is 5.75 Å². The summed E-state index contributed by atoms with van der Waals surface area (Å²) in [5.41, 5.74) is 2.09. The second-order valence-electron chi connectivity index (χ2n) is 3.34. The van der Waals surface area contributed by atoms with Crippen molar-refractivity contribution >= 4 is 0 Å². The minimum Gasteiger partial charge on any atom is -0.387 e. The van der Waals surface area contributed by atoms with Gasteiger partial charge in [-0.1, -0.05) is 32.0 Å². The van der Waals surface area contributed by atoms with Crippen LogP contribution in [0.4, 0.5) is 0 Å². The van der Waals surface area contributed by atoms with Crippen LogP contribution >= 0.6 is 0 Å². The first-order valence-corrected chi connectivity index (χ1v) is 4.32. The first-order valence-electron chi connectivity index (χ1n) is 4.32. The number of nitrogens with zero attached hydrogens (tertiary/aromatic N) is 1. The fourth-order valence-electron chi connectivity index (χ4n) is 1.31. The van der Waals surface area contributed by atoms with Gasteiger partial charge in [-0.2, -0.15) is 0 Å². The van der Waals surface area contributed by atoms with Gasteiger partial charge in [0.1, 0.15) is 5.75 Å². The van der Waals surface area contributed by atoms with Gasteiger partial charge >= 0.3 is 0 Å². The van der Waals surface area contributed by atoms with Crippen molar-refractivity contribution in [1.82, 2.24) is 0 Å². The fourth-order valence-corrected chi connectivity index (χ4v) is 1.31. The lowest BCUT2D eigenvalue weighted by molar-refractivity contribution is 0.492. The second kappa shape index (κ2) is 3.95. The van der Waals surface area contributed by atoms with Crippen molar-refractivity contribution in [2.45, 2.75) is 26.7 Å². The molecule has 1 rings (SSSR count). The summed E-state index contributed by atoms with van der Waals surface area (Å²) in [6.07, 6.45) is 1.72. The molecule has 0 aliphatic rings. The van der Waals surface area contributed by atoms with E-state index in [4.69, 9.17) is 10.00 Å². The number of para-hydroxylation sites is 1. The van der Waals surface area contributed by atoms with Crippen LogP contribution in [-0.4, -0.2) is 0 Å². The molecule has 13 heavy (non-hydrogen) atoms. The summed E-state index contributed by atoms with van der Waals surface area (Å²) in [5.74, 6) is 1.09. The van der Waals surface area contributed by atoms with Crippen molar-refractivity contribution in [2.24, 2.45) is 0 Å². The molecule has 0 aromatic heterocycles. The smallest absolute Gasteiger partial charge is 0.292 e. The Hall–Kier alpha value is -1.49. The molecule has 2 heteroatoms. The number of nitriles is 1. The van der Waals surface area contributed by atoms with E-state index in [9.17, 15) is 0 Å². The van der Waals surface area contributed by atoms with Crippen molar-refractivity contribution in [2.75, 3.05) is 0 Å². The molecule has 0 saturated heterocycles. The molecular formula is C11H13NO. The molecule has 0 bridgehead atoms. The zero-order chi connectivity index (χ0) is 9.84. The van der Waals surface area contributed by atoms with E-state index >= 15 is 0 Å². The number of aryl methyl sites for hydroxylation is 1. The third-order valence-electron chi connectivity index (χ3n) is 2.01. The van der Waals surface area contributed by atoms with Crippen LogP contribution in [-0.2, 0) is 0 Å². The van der Waals surface area contributed by atoms with E-state index in [-0.39, 0.29) is 0 Å². The third-order valence-corrected chi connectivity index (χ3v) is 2.01. The van der Waals surface area contributed by atoms with E-state index in [1.54, 1.807) is 6.26 Å². The summed E-state index contributed by atoms with van der Waals surface area (Å²) >= 11 is 0. The average molecular weight is 175 g/mol. The van der Waals surface area contributed by atoms with Gasteiger partial charge in [0.25, 0.3) is 6.26 Å². The number of hydrogen-bond donors (Lipinski definition) is 0. The minimum absolute atomic E-state index is 0.378. The second-order valence-corrected chi connectivity index (χ2v) is 3.34. The summed E-state index contributed by atoms with van der Waals surface area (Å²) in [6.45, 7) is 6.11. The third kappa shape index (κ3) is 2.00. The molecule has 1 aromatic carbocycles. The highest BCUT2D eigenvalue weighted by Gasteiger charge is 2.09. The molecule has 0 amide bonds. The van der Waals surface area contributed by atoms with Crippen LogP contribution in [0.25, 0.3) is 0 Å². The summed E-state index contributed by atoms with van der Waals surface area (Å²) < 4.78 is 4.93.